The van der Waals surface area contributed by atoms with E-state index in [2.05, 4.69) is 46.7 Å². The van der Waals surface area contributed by atoms with E-state index in [0.717, 1.165) is 39.2 Å². The highest BCUT2D eigenvalue weighted by atomic mass is 15.3. The number of amidine groups is 1. The molecule has 0 atom stereocenters. The van der Waals surface area contributed by atoms with Crippen LogP contribution in [0.5, 0.6) is 0 Å². The normalized spacial score (nSPS) is 11.8. The van der Waals surface area contributed by atoms with Crippen LogP contribution in [0.2, 0.25) is 0 Å². The van der Waals surface area contributed by atoms with E-state index in [9.17, 15) is 0 Å². The molecule has 0 amide bonds. The molecule has 27 heavy (non-hydrogen) atoms. The molecule has 4 nitrogen and oxygen atoms in total. The van der Waals surface area contributed by atoms with Gasteiger partial charge in [0.05, 0.1) is 11.4 Å². The Morgan fingerprint density at radius 1 is 0.667 bits per heavy atom. The van der Waals surface area contributed by atoms with Gasteiger partial charge in [-0.1, -0.05) is 66.7 Å². The first-order chi connectivity index (χ1) is 13.1. The van der Waals surface area contributed by atoms with Crippen LogP contribution in [0, 0.1) is 27.7 Å². The summed E-state index contributed by atoms with van der Waals surface area (Å²) < 4.78 is 0. The van der Waals surface area contributed by atoms with E-state index in [1.165, 1.54) is 0 Å². The van der Waals surface area contributed by atoms with Crippen LogP contribution in [0.15, 0.2) is 82.1 Å². The second kappa shape index (κ2) is 8.41. The maximum atomic E-state index is 4.57. The Balaban J connectivity index is 1.98. The summed E-state index contributed by atoms with van der Waals surface area (Å²) in [5.74, 6) is 0.543. The van der Waals surface area contributed by atoms with Gasteiger partial charge in [-0.2, -0.15) is 5.10 Å². The van der Waals surface area contributed by atoms with E-state index in [0.29, 0.717) is 5.84 Å². The molecule has 0 unspecified atom stereocenters. The Hall–Kier alpha value is -3.27. The van der Waals surface area contributed by atoms with Crippen molar-refractivity contribution in [3.05, 3.63) is 94.5 Å². The molecule has 3 aromatic rings. The van der Waals surface area contributed by atoms with Gasteiger partial charge in [0.1, 0.15) is 0 Å². The summed E-state index contributed by atoms with van der Waals surface area (Å²) in [6.45, 7) is 8.20. The Morgan fingerprint density at radius 3 is 1.81 bits per heavy atom. The summed E-state index contributed by atoms with van der Waals surface area (Å²) in [7, 11) is 0. The highest BCUT2D eigenvalue weighted by Gasteiger charge is 2.06. The zero-order valence-corrected chi connectivity index (χ0v) is 16.2. The lowest BCUT2D eigenvalue weighted by molar-refractivity contribution is 1.18. The monoisotopic (exact) mass is 356 g/mol. The van der Waals surface area contributed by atoms with Gasteiger partial charge >= 0.3 is 0 Å². The Bertz CT molecular complexity index is 948. The third-order valence-corrected chi connectivity index (χ3v) is 4.47. The second-order valence-electron chi connectivity index (χ2n) is 6.62. The first-order valence-electron chi connectivity index (χ1n) is 8.99. The van der Waals surface area contributed by atoms with Crippen LogP contribution < -0.4 is 5.43 Å². The number of azo groups is 1. The van der Waals surface area contributed by atoms with Crippen molar-refractivity contribution in [1.82, 2.24) is 0 Å². The zero-order chi connectivity index (χ0) is 19.2. The number of rotatable bonds is 4. The largest absolute Gasteiger partial charge is 0.276 e. The molecule has 1 N–H and O–H groups in total. The molecule has 0 aromatic heterocycles. The number of aryl methyl sites for hydroxylation is 4. The minimum absolute atomic E-state index is 0.543. The van der Waals surface area contributed by atoms with Gasteiger partial charge in [-0.15, -0.1) is 10.2 Å². The maximum absolute atomic E-state index is 4.57. The third-order valence-electron chi connectivity index (χ3n) is 4.47. The highest BCUT2D eigenvalue weighted by molar-refractivity contribution is 5.99. The van der Waals surface area contributed by atoms with Crippen LogP contribution in [0.1, 0.15) is 27.8 Å². The lowest BCUT2D eigenvalue weighted by Crippen LogP contribution is -2.03. The molecule has 0 bridgehead atoms. The summed E-state index contributed by atoms with van der Waals surface area (Å²) in [5, 5.41) is 13.5. The van der Waals surface area contributed by atoms with E-state index < -0.39 is 0 Å². The van der Waals surface area contributed by atoms with Crippen molar-refractivity contribution in [2.24, 2.45) is 15.3 Å². The molecular formula is C23H24N4. The molecule has 0 aliphatic heterocycles. The molecule has 0 aliphatic rings. The van der Waals surface area contributed by atoms with E-state index in [1.807, 2.05) is 68.4 Å². The van der Waals surface area contributed by atoms with Crippen LogP contribution in [0.3, 0.4) is 0 Å². The van der Waals surface area contributed by atoms with E-state index >= 15 is 0 Å². The van der Waals surface area contributed by atoms with Gasteiger partial charge < -0.3 is 0 Å². The predicted molar refractivity (Wildman–Crippen MR) is 113 cm³/mol. The smallest absolute Gasteiger partial charge is 0.201 e. The Morgan fingerprint density at radius 2 is 1.22 bits per heavy atom. The van der Waals surface area contributed by atoms with Crippen LogP contribution in [-0.4, -0.2) is 5.84 Å². The number of hydrazone groups is 1. The highest BCUT2D eigenvalue weighted by Crippen LogP contribution is 2.24. The minimum atomic E-state index is 0.543. The van der Waals surface area contributed by atoms with Crippen LogP contribution in [0.4, 0.5) is 11.4 Å². The van der Waals surface area contributed by atoms with Gasteiger partial charge in [0, 0.05) is 5.56 Å². The molecule has 0 aliphatic carbocycles. The summed E-state index contributed by atoms with van der Waals surface area (Å²) in [6.07, 6.45) is 0. The van der Waals surface area contributed by atoms with E-state index in [4.69, 9.17) is 0 Å². The number of para-hydroxylation sites is 1. The van der Waals surface area contributed by atoms with E-state index in [1.54, 1.807) is 0 Å². The molecule has 0 spiro atoms. The fourth-order valence-corrected chi connectivity index (χ4v) is 2.89. The summed E-state index contributed by atoms with van der Waals surface area (Å²) in [5.41, 5.74) is 10.4. The van der Waals surface area contributed by atoms with Gasteiger partial charge in [0.2, 0.25) is 5.84 Å². The standard InChI is InChI=1S/C23H24N4/c1-16-10-8-11-17(2)21(16)24-26-23(20-14-6-5-7-15-20)27-25-22-18(3)12-9-13-19(22)4/h5-15,24H,1-4H3/b26-23-,27-25?. The Labute approximate surface area is 160 Å². The lowest BCUT2D eigenvalue weighted by atomic mass is 10.1. The van der Waals surface area contributed by atoms with Crippen molar-refractivity contribution < 1.29 is 0 Å². The first kappa shape index (κ1) is 18.5. The van der Waals surface area contributed by atoms with Gasteiger partial charge in [-0.3, -0.25) is 5.43 Å². The maximum Gasteiger partial charge on any atom is 0.201 e. The molecule has 0 fully saturated rings. The topological polar surface area (TPSA) is 49.1 Å². The molecule has 0 radical (unpaired) electrons. The molecule has 0 saturated heterocycles. The SMILES string of the molecule is Cc1cccc(C)c1N=N/C(=N\Nc1c(C)cccc1C)c1ccccc1. The molecule has 3 aromatic carbocycles. The molecule has 0 heterocycles. The molecule has 4 heteroatoms. The van der Waals surface area contributed by atoms with Gasteiger partial charge in [0.15, 0.2) is 0 Å². The second-order valence-corrected chi connectivity index (χ2v) is 6.62. The van der Waals surface area contributed by atoms with Crippen molar-refractivity contribution >= 4 is 17.2 Å². The van der Waals surface area contributed by atoms with Crippen LogP contribution >= 0.6 is 0 Å². The van der Waals surface area contributed by atoms with Crippen LogP contribution in [-0.2, 0) is 0 Å². The third kappa shape index (κ3) is 4.47. The minimum Gasteiger partial charge on any atom is -0.276 e. The molecule has 136 valence electrons. The summed E-state index contributed by atoms with van der Waals surface area (Å²) in [4.78, 5) is 0. The molecule has 3 rings (SSSR count). The first-order valence-corrected chi connectivity index (χ1v) is 8.99. The summed E-state index contributed by atoms with van der Waals surface area (Å²) >= 11 is 0. The quantitative estimate of drug-likeness (QED) is 0.247. The van der Waals surface area contributed by atoms with Crippen molar-refractivity contribution in [1.29, 1.82) is 0 Å². The molecular weight excluding hydrogens is 332 g/mol. The lowest BCUT2D eigenvalue weighted by Gasteiger charge is -2.09. The van der Waals surface area contributed by atoms with Gasteiger partial charge in [-0.05, 0) is 49.9 Å². The fraction of sp³-hybridized carbons (Fsp3) is 0.174. The fourth-order valence-electron chi connectivity index (χ4n) is 2.89. The number of hydrogen-bond acceptors (Lipinski definition) is 3. The average molecular weight is 356 g/mol. The van der Waals surface area contributed by atoms with Crippen molar-refractivity contribution in [2.75, 3.05) is 5.43 Å². The number of benzene rings is 3. The molecule has 0 saturated carbocycles. The zero-order valence-electron chi connectivity index (χ0n) is 16.2. The van der Waals surface area contributed by atoms with Gasteiger partial charge in [0.25, 0.3) is 0 Å². The summed E-state index contributed by atoms with van der Waals surface area (Å²) in [6, 6.07) is 22.1. The van der Waals surface area contributed by atoms with Gasteiger partial charge in [-0.25, -0.2) is 0 Å². The average Bonchev–Trinajstić information content (AvgIpc) is 2.66. The van der Waals surface area contributed by atoms with Crippen molar-refractivity contribution in [3.63, 3.8) is 0 Å². The predicted octanol–water partition coefficient (Wildman–Crippen LogP) is 6.48. The van der Waals surface area contributed by atoms with Crippen LogP contribution in [0.25, 0.3) is 0 Å². The van der Waals surface area contributed by atoms with Crippen molar-refractivity contribution in [2.45, 2.75) is 27.7 Å². The van der Waals surface area contributed by atoms with Crippen molar-refractivity contribution in [3.8, 4) is 0 Å². The number of hydrogen-bond donors (Lipinski definition) is 1. The van der Waals surface area contributed by atoms with E-state index in [-0.39, 0.29) is 0 Å². The number of nitrogens with one attached hydrogen (secondary N) is 1. The number of anilines is 1. The number of nitrogens with zero attached hydrogens (tertiary/aromatic N) is 3. The Kier molecular flexibility index (Phi) is 5.77.